The lowest BCUT2D eigenvalue weighted by atomic mass is 9.99. The van der Waals surface area contributed by atoms with Crippen LogP contribution in [0.3, 0.4) is 0 Å². The molecular weight excluding hydrogens is 495 g/mol. The summed E-state index contributed by atoms with van der Waals surface area (Å²) in [5, 5.41) is 3.97. The molecule has 3 aromatic rings. The van der Waals surface area contributed by atoms with Gasteiger partial charge in [0.15, 0.2) is 0 Å². The van der Waals surface area contributed by atoms with Crippen LogP contribution in [-0.4, -0.2) is 35.4 Å². The summed E-state index contributed by atoms with van der Waals surface area (Å²) in [6, 6.07) is 21.5. The largest absolute Gasteiger partial charge is 0.497 e. The first-order chi connectivity index (χ1) is 17.1. The summed E-state index contributed by atoms with van der Waals surface area (Å²) in [5.41, 5.74) is 2.00. The number of methoxy groups -OCH3 is 1. The standard InChI is InChI=1S/C29H32Cl2N2O3/c1-29(2,3)32-28(35)26(16-20-9-6-5-7-10-20)33(19-21-11-8-12-24(15-21)36-4)27(34)17-22-13-14-23(30)18-25(22)31/h5-15,18,26H,16-17,19H2,1-4H3,(H,32,35). The molecule has 1 unspecified atom stereocenters. The molecule has 0 aliphatic carbocycles. The normalized spacial score (nSPS) is 12.1. The van der Waals surface area contributed by atoms with E-state index in [4.69, 9.17) is 27.9 Å². The lowest BCUT2D eigenvalue weighted by Gasteiger charge is -2.34. The van der Waals surface area contributed by atoms with E-state index in [0.717, 1.165) is 11.1 Å². The van der Waals surface area contributed by atoms with E-state index >= 15 is 0 Å². The molecule has 0 saturated heterocycles. The van der Waals surface area contributed by atoms with Crippen molar-refractivity contribution in [3.63, 3.8) is 0 Å². The molecular formula is C29H32Cl2N2O3. The van der Waals surface area contributed by atoms with E-state index in [2.05, 4.69) is 5.32 Å². The van der Waals surface area contributed by atoms with Crippen LogP contribution in [0, 0.1) is 0 Å². The number of rotatable bonds is 9. The SMILES string of the molecule is COc1cccc(CN(C(=O)Cc2ccc(Cl)cc2Cl)C(Cc2ccccc2)C(=O)NC(C)(C)C)c1. The van der Waals surface area contributed by atoms with E-state index in [1.165, 1.54) is 0 Å². The summed E-state index contributed by atoms with van der Waals surface area (Å²) >= 11 is 12.4. The van der Waals surface area contributed by atoms with Gasteiger partial charge in [0.2, 0.25) is 11.8 Å². The number of halogens is 2. The first-order valence-corrected chi connectivity index (χ1v) is 12.5. The zero-order valence-electron chi connectivity index (χ0n) is 21.1. The molecule has 0 bridgehead atoms. The fourth-order valence-electron chi connectivity index (χ4n) is 3.90. The molecule has 0 radical (unpaired) electrons. The van der Waals surface area contributed by atoms with Gasteiger partial charge in [-0.1, -0.05) is 71.7 Å². The van der Waals surface area contributed by atoms with Crippen molar-refractivity contribution in [3.05, 3.63) is 99.5 Å². The molecule has 0 saturated carbocycles. The van der Waals surface area contributed by atoms with Gasteiger partial charge in [0.05, 0.1) is 13.5 Å². The fraction of sp³-hybridized carbons (Fsp3) is 0.310. The number of nitrogens with one attached hydrogen (secondary N) is 1. The minimum atomic E-state index is -0.739. The lowest BCUT2D eigenvalue weighted by molar-refractivity contribution is -0.141. The van der Waals surface area contributed by atoms with Crippen LogP contribution in [0.15, 0.2) is 72.8 Å². The van der Waals surface area contributed by atoms with Crippen LogP contribution in [0.4, 0.5) is 0 Å². The van der Waals surface area contributed by atoms with E-state index in [1.54, 1.807) is 30.2 Å². The van der Waals surface area contributed by atoms with Crippen LogP contribution in [-0.2, 0) is 29.0 Å². The van der Waals surface area contributed by atoms with Gasteiger partial charge in [0.1, 0.15) is 11.8 Å². The van der Waals surface area contributed by atoms with Crippen molar-refractivity contribution < 1.29 is 14.3 Å². The molecule has 5 nitrogen and oxygen atoms in total. The number of carbonyl (C=O) groups is 2. The minimum Gasteiger partial charge on any atom is -0.497 e. The highest BCUT2D eigenvalue weighted by atomic mass is 35.5. The Labute approximate surface area is 223 Å². The summed E-state index contributed by atoms with van der Waals surface area (Å²) in [7, 11) is 1.60. The van der Waals surface area contributed by atoms with Gasteiger partial charge in [-0.15, -0.1) is 0 Å². The van der Waals surface area contributed by atoms with E-state index in [-0.39, 0.29) is 24.8 Å². The summed E-state index contributed by atoms with van der Waals surface area (Å²) < 4.78 is 5.38. The second-order valence-corrected chi connectivity index (χ2v) is 10.6. The number of nitrogens with zero attached hydrogens (tertiary/aromatic N) is 1. The molecule has 7 heteroatoms. The van der Waals surface area contributed by atoms with Crippen molar-refractivity contribution in [2.45, 2.75) is 51.7 Å². The van der Waals surface area contributed by atoms with Crippen molar-refractivity contribution in [1.82, 2.24) is 10.2 Å². The summed E-state index contributed by atoms with van der Waals surface area (Å²) in [6.07, 6.45) is 0.404. The van der Waals surface area contributed by atoms with E-state index in [9.17, 15) is 9.59 Å². The monoisotopic (exact) mass is 526 g/mol. The molecule has 0 spiro atoms. The van der Waals surface area contributed by atoms with Gasteiger partial charge in [-0.25, -0.2) is 0 Å². The molecule has 2 amide bonds. The van der Waals surface area contributed by atoms with Crippen molar-refractivity contribution in [1.29, 1.82) is 0 Å². The van der Waals surface area contributed by atoms with E-state index in [0.29, 0.717) is 27.8 Å². The van der Waals surface area contributed by atoms with Crippen LogP contribution in [0.1, 0.15) is 37.5 Å². The maximum absolute atomic E-state index is 13.8. The average Bonchev–Trinajstić information content (AvgIpc) is 2.82. The van der Waals surface area contributed by atoms with E-state index in [1.807, 2.05) is 75.4 Å². The van der Waals surface area contributed by atoms with Crippen molar-refractivity contribution in [2.75, 3.05) is 7.11 Å². The van der Waals surface area contributed by atoms with Gasteiger partial charge in [-0.2, -0.15) is 0 Å². The maximum Gasteiger partial charge on any atom is 0.243 e. The Balaban J connectivity index is 2.02. The quantitative estimate of drug-likeness (QED) is 0.366. The van der Waals surface area contributed by atoms with Crippen LogP contribution >= 0.6 is 23.2 Å². The number of ether oxygens (including phenoxy) is 1. The molecule has 0 aromatic heterocycles. The Morgan fingerprint density at radius 1 is 0.944 bits per heavy atom. The Bertz CT molecular complexity index is 1190. The molecule has 0 heterocycles. The van der Waals surface area contributed by atoms with Gasteiger partial charge in [-0.05, 0) is 61.7 Å². The van der Waals surface area contributed by atoms with Crippen molar-refractivity contribution in [2.24, 2.45) is 0 Å². The minimum absolute atomic E-state index is 0.0358. The highest BCUT2D eigenvalue weighted by Gasteiger charge is 2.32. The molecule has 1 atom stereocenters. The third-order valence-electron chi connectivity index (χ3n) is 5.61. The predicted molar refractivity (Wildman–Crippen MR) is 146 cm³/mol. The third-order valence-corrected chi connectivity index (χ3v) is 6.20. The number of amides is 2. The molecule has 36 heavy (non-hydrogen) atoms. The summed E-state index contributed by atoms with van der Waals surface area (Å²) in [6.45, 7) is 6.00. The van der Waals surface area contributed by atoms with Crippen LogP contribution < -0.4 is 10.1 Å². The Kier molecular flexibility index (Phi) is 9.41. The van der Waals surface area contributed by atoms with Gasteiger partial charge < -0.3 is 15.0 Å². The fourth-order valence-corrected chi connectivity index (χ4v) is 4.38. The Morgan fingerprint density at radius 2 is 1.64 bits per heavy atom. The molecule has 0 aliphatic rings. The van der Waals surface area contributed by atoms with Gasteiger partial charge in [0, 0.05) is 28.5 Å². The Hall–Kier alpha value is -3.02. The van der Waals surface area contributed by atoms with Crippen LogP contribution in [0.5, 0.6) is 5.75 Å². The van der Waals surface area contributed by atoms with Crippen molar-refractivity contribution in [3.8, 4) is 5.75 Å². The maximum atomic E-state index is 13.8. The van der Waals surface area contributed by atoms with Crippen molar-refractivity contribution >= 4 is 35.0 Å². The topological polar surface area (TPSA) is 58.6 Å². The Morgan fingerprint density at radius 3 is 2.28 bits per heavy atom. The predicted octanol–water partition coefficient (Wildman–Crippen LogP) is 6.10. The highest BCUT2D eigenvalue weighted by Crippen LogP contribution is 2.24. The highest BCUT2D eigenvalue weighted by molar-refractivity contribution is 6.35. The van der Waals surface area contributed by atoms with Gasteiger partial charge in [-0.3, -0.25) is 9.59 Å². The zero-order valence-corrected chi connectivity index (χ0v) is 22.6. The molecule has 3 aromatic carbocycles. The number of carbonyl (C=O) groups excluding carboxylic acids is 2. The smallest absolute Gasteiger partial charge is 0.243 e. The van der Waals surface area contributed by atoms with E-state index < -0.39 is 11.6 Å². The molecule has 190 valence electrons. The lowest BCUT2D eigenvalue weighted by Crippen LogP contribution is -2.54. The van der Waals surface area contributed by atoms with Gasteiger partial charge in [0.25, 0.3) is 0 Å². The number of hydrogen-bond acceptors (Lipinski definition) is 3. The van der Waals surface area contributed by atoms with Gasteiger partial charge >= 0.3 is 0 Å². The first-order valence-electron chi connectivity index (χ1n) is 11.8. The number of benzene rings is 3. The molecule has 3 rings (SSSR count). The first kappa shape index (κ1) is 27.6. The molecule has 0 aliphatic heterocycles. The number of hydrogen-bond donors (Lipinski definition) is 1. The third kappa shape index (κ3) is 8.00. The summed E-state index contributed by atoms with van der Waals surface area (Å²) in [4.78, 5) is 29.1. The molecule has 0 fully saturated rings. The molecule has 1 N–H and O–H groups in total. The van der Waals surface area contributed by atoms with Crippen LogP contribution in [0.25, 0.3) is 0 Å². The average molecular weight is 527 g/mol. The second-order valence-electron chi connectivity index (χ2n) is 9.73. The summed E-state index contributed by atoms with van der Waals surface area (Å²) in [5.74, 6) is 0.247. The van der Waals surface area contributed by atoms with Crippen LogP contribution in [0.2, 0.25) is 10.0 Å². The second kappa shape index (κ2) is 12.3. The zero-order chi connectivity index (χ0) is 26.3.